The van der Waals surface area contributed by atoms with Crippen LogP contribution in [0.1, 0.15) is 12.5 Å². The zero-order chi connectivity index (χ0) is 15.5. The normalized spacial score (nSPS) is 11.3. The van der Waals surface area contributed by atoms with Crippen LogP contribution in [0.3, 0.4) is 0 Å². The number of rotatable bonds is 5. The highest BCUT2D eigenvalue weighted by Crippen LogP contribution is 2.26. The second kappa shape index (κ2) is 6.15. The predicted octanol–water partition coefficient (Wildman–Crippen LogP) is 2.48. The van der Waals surface area contributed by atoms with Crippen molar-refractivity contribution in [3.63, 3.8) is 0 Å². The van der Waals surface area contributed by atoms with E-state index in [2.05, 4.69) is 17.0 Å². The number of aryl methyl sites for hydroxylation is 1. The molecule has 2 aromatic carbocycles. The van der Waals surface area contributed by atoms with Gasteiger partial charge in [0.1, 0.15) is 0 Å². The van der Waals surface area contributed by atoms with Crippen LogP contribution in [0.4, 0.5) is 17.1 Å². The molecule has 0 spiro atoms. The second-order valence-corrected chi connectivity index (χ2v) is 6.52. The molecule has 0 atom stereocenters. The molecule has 0 bridgehead atoms. The minimum Gasteiger partial charge on any atom is -0.397 e. The Kier molecular flexibility index (Phi) is 4.50. The lowest BCUT2D eigenvalue weighted by Gasteiger charge is -2.12. The number of benzene rings is 2. The smallest absolute Gasteiger partial charge is 0.240 e. The summed E-state index contributed by atoms with van der Waals surface area (Å²) in [5.41, 5.74) is 9.04. The van der Waals surface area contributed by atoms with Crippen molar-refractivity contribution in [1.29, 1.82) is 0 Å². The van der Waals surface area contributed by atoms with Crippen LogP contribution in [-0.4, -0.2) is 15.5 Å². The maximum atomic E-state index is 11.8. The highest BCUT2D eigenvalue weighted by molar-refractivity contribution is 7.89. The minimum atomic E-state index is -3.49. The summed E-state index contributed by atoms with van der Waals surface area (Å²) in [5, 5.41) is 3.17. The Bertz CT molecular complexity index is 742. The lowest BCUT2D eigenvalue weighted by molar-refractivity contribution is 0.588. The maximum absolute atomic E-state index is 11.8. The van der Waals surface area contributed by atoms with Gasteiger partial charge in [0.2, 0.25) is 10.0 Å². The number of nitrogens with one attached hydrogen (secondary N) is 2. The Morgan fingerprint density at radius 1 is 1.14 bits per heavy atom. The van der Waals surface area contributed by atoms with Gasteiger partial charge in [-0.2, -0.15) is 0 Å². The lowest BCUT2D eigenvalue weighted by Crippen LogP contribution is -2.18. The third-order valence-electron chi connectivity index (χ3n) is 3.22. The zero-order valence-electron chi connectivity index (χ0n) is 12.1. The van der Waals surface area contributed by atoms with Gasteiger partial charge in [-0.1, -0.05) is 19.1 Å². The van der Waals surface area contributed by atoms with E-state index in [0.717, 1.165) is 12.1 Å². The molecule has 4 N–H and O–H groups in total. The van der Waals surface area contributed by atoms with Gasteiger partial charge in [0, 0.05) is 5.69 Å². The number of hydrogen-bond donors (Lipinski definition) is 3. The van der Waals surface area contributed by atoms with Crippen LogP contribution in [-0.2, 0) is 16.4 Å². The van der Waals surface area contributed by atoms with Crippen molar-refractivity contribution in [3.8, 4) is 0 Å². The van der Waals surface area contributed by atoms with Gasteiger partial charge >= 0.3 is 0 Å². The summed E-state index contributed by atoms with van der Waals surface area (Å²) in [7, 11) is -2.11. The van der Waals surface area contributed by atoms with Gasteiger partial charge in [-0.15, -0.1) is 0 Å². The average Bonchev–Trinajstić information content (AvgIpc) is 2.49. The van der Waals surface area contributed by atoms with Gasteiger partial charge < -0.3 is 11.1 Å². The standard InChI is InChI=1S/C15H19N3O2S/c1-3-11-5-4-6-12(9-11)18-15-10-13(7-8-14(15)16)21(19,20)17-2/h4-10,17-18H,3,16H2,1-2H3. The fourth-order valence-corrected chi connectivity index (χ4v) is 2.71. The van der Waals surface area contributed by atoms with Crippen molar-refractivity contribution >= 4 is 27.1 Å². The SMILES string of the molecule is CCc1cccc(Nc2cc(S(=O)(=O)NC)ccc2N)c1. The number of nitrogen functional groups attached to an aromatic ring is 1. The predicted molar refractivity (Wildman–Crippen MR) is 86.2 cm³/mol. The fraction of sp³-hybridized carbons (Fsp3) is 0.200. The monoisotopic (exact) mass is 305 g/mol. The molecule has 2 rings (SSSR count). The maximum Gasteiger partial charge on any atom is 0.240 e. The van der Waals surface area contributed by atoms with Crippen LogP contribution in [0.25, 0.3) is 0 Å². The molecule has 0 fully saturated rings. The first-order valence-corrected chi connectivity index (χ1v) is 8.13. The van der Waals surface area contributed by atoms with Crippen molar-refractivity contribution < 1.29 is 8.42 Å². The molecule has 0 saturated carbocycles. The molecule has 0 radical (unpaired) electrons. The number of sulfonamides is 1. The van der Waals surface area contributed by atoms with Crippen molar-refractivity contribution in [2.24, 2.45) is 0 Å². The van der Waals surface area contributed by atoms with Crippen LogP contribution < -0.4 is 15.8 Å². The molecule has 2 aromatic rings. The average molecular weight is 305 g/mol. The minimum absolute atomic E-state index is 0.174. The topological polar surface area (TPSA) is 84.2 Å². The summed E-state index contributed by atoms with van der Waals surface area (Å²) in [6.45, 7) is 2.08. The molecular formula is C15H19N3O2S. The zero-order valence-corrected chi connectivity index (χ0v) is 12.9. The Morgan fingerprint density at radius 2 is 1.90 bits per heavy atom. The van der Waals surface area contributed by atoms with Gasteiger partial charge in [0.25, 0.3) is 0 Å². The first kappa shape index (κ1) is 15.3. The van der Waals surface area contributed by atoms with E-state index < -0.39 is 10.0 Å². The van der Waals surface area contributed by atoms with E-state index in [-0.39, 0.29) is 4.90 Å². The van der Waals surface area contributed by atoms with E-state index in [9.17, 15) is 8.42 Å². The molecule has 0 amide bonds. The van der Waals surface area contributed by atoms with Gasteiger partial charge in [0.15, 0.2) is 0 Å². The van der Waals surface area contributed by atoms with Crippen LogP contribution in [0.5, 0.6) is 0 Å². The number of nitrogens with two attached hydrogens (primary N) is 1. The van der Waals surface area contributed by atoms with Crippen LogP contribution in [0.2, 0.25) is 0 Å². The molecule has 0 aliphatic heterocycles. The van der Waals surface area contributed by atoms with Crippen molar-refractivity contribution in [1.82, 2.24) is 4.72 Å². The molecule has 21 heavy (non-hydrogen) atoms. The van der Waals surface area contributed by atoms with E-state index in [1.807, 2.05) is 24.3 Å². The van der Waals surface area contributed by atoms with E-state index in [0.29, 0.717) is 11.4 Å². The Labute approximate surface area is 125 Å². The highest BCUT2D eigenvalue weighted by Gasteiger charge is 2.13. The Balaban J connectivity index is 2.37. The first-order chi connectivity index (χ1) is 9.96. The number of anilines is 3. The second-order valence-electron chi connectivity index (χ2n) is 4.64. The summed E-state index contributed by atoms with van der Waals surface area (Å²) in [6.07, 6.45) is 0.930. The largest absolute Gasteiger partial charge is 0.397 e. The van der Waals surface area contributed by atoms with E-state index in [4.69, 9.17) is 5.73 Å². The van der Waals surface area contributed by atoms with Gasteiger partial charge in [-0.05, 0) is 49.4 Å². The molecular weight excluding hydrogens is 286 g/mol. The van der Waals surface area contributed by atoms with Crippen molar-refractivity contribution in [2.75, 3.05) is 18.1 Å². The Hall–Kier alpha value is -2.05. The van der Waals surface area contributed by atoms with E-state index in [1.165, 1.54) is 24.7 Å². The summed E-state index contributed by atoms with van der Waals surface area (Å²) >= 11 is 0. The van der Waals surface area contributed by atoms with Crippen molar-refractivity contribution in [3.05, 3.63) is 48.0 Å². The molecule has 0 unspecified atom stereocenters. The Morgan fingerprint density at radius 3 is 2.57 bits per heavy atom. The van der Waals surface area contributed by atoms with Crippen molar-refractivity contribution in [2.45, 2.75) is 18.2 Å². The molecule has 0 aliphatic rings. The quantitative estimate of drug-likeness (QED) is 0.741. The van der Waals surface area contributed by atoms with Crippen LogP contribution in [0.15, 0.2) is 47.4 Å². The lowest BCUT2D eigenvalue weighted by atomic mass is 10.1. The number of hydrogen-bond acceptors (Lipinski definition) is 4. The third-order valence-corrected chi connectivity index (χ3v) is 4.63. The van der Waals surface area contributed by atoms with Gasteiger partial charge in [-0.25, -0.2) is 13.1 Å². The van der Waals surface area contributed by atoms with E-state index in [1.54, 1.807) is 6.07 Å². The summed E-state index contributed by atoms with van der Waals surface area (Å²) in [5.74, 6) is 0. The molecule has 0 saturated heterocycles. The van der Waals surface area contributed by atoms with Crippen LogP contribution in [0, 0.1) is 0 Å². The molecule has 6 heteroatoms. The highest BCUT2D eigenvalue weighted by atomic mass is 32.2. The van der Waals surface area contributed by atoms with Gasteiger partial charge in [-0.3, -0.25) is 0 Å². The molecule has 0 heterocycles. The molecule has 0 aliphatic carbocycles. The van der Waals surface area contributed by atoms with Crippen LogP contribution >= 0.6 is 0 Å². The van der Waals surface area contributed by atoms with Gasteiger partial charge in [0.05, 0.1) is 16.3 Å². The molecule has 112 valence electrons. The summed E-state index contributed by atoms with van der Waals surface area (Å²) < 4.78 is 26.0. The summed E-state index contributed by atoms with van der Waals surface area (Å²) in [6, 6.07) is 12.5. The third kappa shape index (κ3) is 3.53. The summed E-state index contributed by atoms with van der Waals surface area (Å²) in [4.78, 5) is 0.174. The first-order valence-electron chi connectivity index (χ1n) is 6.65. The molecule has 5 nitrogen and oxygen atoms in total. The molecule has 0 aromatic heterocycles. The fourth-order valence-electron chi connectivity index (χ4n) is 1.95. The van der Waals surface area contributed by atoms with E-state index >= 15 is 0 Å².